The summed E-state index contributed by atoms with van der Waals surface area (Å²) in [5.41, 5.74) is 5.93. The smallest absolute Gasteiger partial charge is 0.302 e. The summed E-state index contributed by atoms with van der Waals surface area (Å²) in [5, 5.41) is 2.73. The molecule has 182 valence electrons. The van der Waals surface area contributed by atoms with Crippen LogP contribution in [0.3, 0.4) is 0 Å². The molecule has 3 N–H and O–H groups in total. The Labute approximate surface area is 196 Å². The minimum atomic E-state index is -0.884. The van der Waals surface area contributed by atoms with Gasteiger partial charge in [0.05, 0.1) is 19.3 Å². The van der Waals surface area contributed by atoms with Crippen LogP contribution in [0.2, 0.25) is 0 Å². The number of esters is 1. The van der Waals surface area contributed by atoms with Crippen LogP contribution in [-0.4, -0.2) is 35.1 Å². The van der Waals surface area contributed by atoms with Gasteiger partial charge in [0.25, 0.3) is 11.5 Å². The van der Waals surface area contributed by atoms with E-state index in [1.807, 2.05) is 0 Å². The predicted molar refractivity (Wildman–Crippen MR) is 121 cm³/mol. The van der Waals surface area contributed by atoms with E-state index in [1.165, 1.54) is 24.7 Å². The molecule has 0 atom stereocenters. The van der Waals surface area contributed by atoms with Gasteiger partial charge < -0.3 is 20.5 Å². The van der Waals surface area contributed by atoms with Gasteiger partial charge in [0, 0.05) is 25.4 Å². The largest absolute Gasteiger partial charge is 0.489 e. The van der Waals surface area contributed by atoms with E-state index in [0.29, 0.717) is 42.6 Å². The Balaban J connectivity index is 1.68. The van der Waals surface area contributed by atoms with Gasteiger partial charge in [0.15, 0.2) is 5.69 Å². The predicted octanol–water partition coefficient (Wildman–Crippen LogP) is 1.92. The number of nitrogens with zero attached hydrogens (tertiary/aromatic N) is 2. The Bertz CT molecular complexity index is 1200. The molecule has 1 aliphatic carbocycles. The molecule has 10 heteroatoms. The zero-order valence-electron chi connectivity index (χ0n) is 19.6. The summed E-state index contributed by atoms with van der Waals surface area (Å²) in [4.78, 5) is 42.5. The number of carbonyl (C=O) groups excluding carboxylic acids is 2. The van der Waals surface area contributed by atoms with Crippen molar-refractivity contribution in [2.45, 2.75) is 58.2 Å². The first-order valence-electron chi connectivity index (χ1n) is 11.2. The third kappa shape index (κ3) is 4.29. The lowest BCUT2D eigenvalue weighted by Crippen LogP contribution is -2.44. The molecule has 2 bridgehead atoms. The molecular formula is C24H29FN4O5. The van der Waals surface area contributed by atoms with Crippen LogP contribution < -0.4 is 21.3 Å². The van der Waals surface area contributed by atoms with Crippen LogP contribution in [0.1, 0.15) is 60.0 Å². The molecule has 1 fully saturated rings. The summed E-state index contributed by atoms with van der Waals surface area (Å²) in [6.45, 7) is 3.58. The molecule has 9 nitrogen and oxygen atoms in total. The Morgan fingerprint density at radius 3 is 2.59 bits per heavy atom. The number of amides is 1. The summed E-state index contributed by atoms with van der Waals surface area (Å²) in [6, 6.07) is 4.56. The summed E-state index contributed by atoms with van der Waals surface area (Å²) in [7, 11) is 1.31. The molecule has 0 radical (unpaired) electrons. The van der Waals surface area contributed by atoms with Gasteiger partial charge in [-0.15, -0.1) is 0 Å². The molecule has 2 aromatic rings. The number of nitrogens with one attached hydrogen (secondary N) is 1. The van der Waals surface area contributed by atoms with E-state index in [-0.39, 0.29) is 42.9 Å². The number of rotatable bonds is 6. The van der Waals surface area contributed by atoms with Crippen molar-refractivity contribution < 1.29 is 23.5 Å². The minimum Gasteiger partial charge on any atom is -0.489 e. The van der Waals surface area contributed by atoms with Gasteiger partial charge in [-0.05, 0) is 49.8 Å². The SMILES string of the molecule is COc1c(C(=O)NCc2ccc(F)c(C)c2)nc2n(c1=O)CC1(COC(C)=O)CCC2(N)CC1. The second kappa shape index (κ2) is 8.83. The Morgan fingerprint density at radius 1 is 1.26 bits per heavy atom. The van der Waals surface area contributed by atoms with Gasteiger partial charge in [0.1, 0.15) is 11.6 Å². The van der Waals surface area contributed by atoms with Gasteiger partial charge in [-0.25, -0.2) is 9.37 Å². The maximum absolute atomic E-state index is 13.5. The van der Waals surface area contributed by atoms with E-state index >= 15 is 0 Å². The van der Waals surface area contributed by atoms with Gasteiger partial charge in [-0.1, -0.05) is 12.1 Å². The van der Waals surface area contributed by atoms with E-state index in [4.69, 9.17) is 15.2 Å². The molecule has 1 aromatic carbocycles. The maximum atomic E-state index is 13.5. The first-order chi connectivity index (χ1) is 16.1. The number of hydrogen-bond acceptors (Lipinski definition) is 7. The normalized spacial score (nSPS) is 23.1. The number of carbonyl (C=O) groups is 2. The Kier molecular flexibility index (Phi) is 6.20. The minimum absolute atomic E-state index is 0.127. The van der Waals surface area contributed by atoms with Crippen LogP contribution in [0.5, 0.6) is 5.75 Å². The lowest BCUT2D eigenvalue weighted by atomic mass is 9.69. The molecule has 0 saturated heterocycles. The molecule has 5 rings (SSSR count). The zero-order valence-corrected chi connectivity index (χ0v) is 19.6. The summed E-state index contributed by atoms with van der Waals surface area (Å²) >= 11 is 0. The summed E-state index contributed by atoms with van der Waals surface area (Å²) in [6.07, 6.45) is 2.41. The quantitative estimate of drug-likeness (QED) is 0.615. The topological polar surface area (TPSA) is 126 Å². The van der Waals surface area contributed by atoms with Gasteiger partial charge in [-0.3, -0.25) is 19.0 Å². The zero-order chi connectivity index (χ0) is 24.7. The van der Waals surface area contributed by atoms with Crippen molar-refractivity contribution in [3.8, 4) is 5.75 Å². The number of nitrogens with two attached hydrogens (primary N) is 1. The molecular weight excluding hydrogens is 443 g/mol. The fourth-order valence-electron chi connectivity index (χ4n) is 4.87. The fourth-order valence-corrected chi connectivity index (χ4v) is 4.87. The average molecular weight is 473 g/mol. The van der Waals surface area contributed by atoms with E-state index in [0.717, 1.165) is 0 Å². The van der Waals surface area contributed by atoms with Crippen molar-refractivity contribution in [3.05, 3.63) is 57.0 Å². The van der Waals surface area contributed by atoms with E-state index in [1.54, 1.807) is 19.1 Å². The van der Waals surface area contributed by atoms with Crippen molar-refractivity contribution in [1.82, 2.24) is 14.9 Å². The highest BCUT2D eigenvalue weighted by Crippen LogP contribution is 2.48. The number of methoxy groups -OCH3 is 1. The van der Waals surface area contributed by atoms with Crippen molar-refractivity contribution >= 4 is 11.9 Å². The molecule has 0 spiro atoms. The lowest BCUT2D eigenvalue weighted by Gasteiger charge is -2.39. The average Bonchev–Trinajstić information content (AvgIpc) is 3.01. The van der Waals surface area contributed by atoms with Crippen molar-refractivity contribution in [3.63, 3.8) is 0 Å². The first kappa shape index (κ1) is 23.9. The van der Waals surface area contributed by atoms with E-state index in [2.05, 4.69) is 10.3 Å². The van der Waals surface area contributed by atoms with E-state index < -0.39 is 22.4 Å². The summed E-state index contributed by atoms with van der Waals surface area (Å²) in [5.74, 6) is -1.13. The first-order valence-corrected chi connectivity index (χ1v) is 11.2. The highest BCUT2D eigenvalue weighted by atomic mass is 19.1. The fraction of sp³-hybridized carbons (Fsp3) is 0.500. The number of aryl methyl sites for hydroxylation is 1. The van der Waals surface area contributed by atoms with Crippen LogP contribution >= 0.6 is 0 Å². The van der Waals surface area contributed by atoms with Crippen molar-refractivity contribution in [2.24, 2.45) is 11.1 Å². The van der Waals surface area contributed by atoms with Crippen LogP contribution in [0.25, 0.3) is 0 Å². The van der Waals surface area contributed by atoms with Gasteiger partial charge in [-0.2, -0.15) is 0 Å². The summed E-state index contributed by atoms with van der Waals surface area (Å²) < 4.78 is 25.6. The van der Waals surface area contributed by atoms with Crippen LogP contribution in [-0.2, 0) is 28.2 Å². The number of aromatic nitrogens is 2. The monoisotopic (exact) mass is 472 g/mol. The number of benzene rings is 1. The molecule has 1 aromatic heterocycles. The van der Waals surface area contributed by atoms with Crippen molar-refractivity contribution in [2.75, 3.05) is 13.7 Å². The van der Waals surface area contributed by atoms with E-state index in [9.17, 15) is 18.8 Å². The molecule has 1 saturated carbocycles. The highest BCUT2D eigenvalue weighted by molar-refractivity contribution is 5.94. The second-order valence-corrected chi connectivity index (χ2v) is 9.41. The number of ether oxygens (including phenoxy) is 2. The number of halogens is 1. The van der Waals surface area contributed by atoms with Crippen LogP contribution in [0.4, 0.5) is 4.39 Å². The molecule has 34 heavy (non-hydrogen) atoms. The molecule has 3 heterocycles. The Hall–Kier alpha value is -3.27. The maximum Gasteiger partial charge on any atom is 0.302 e. The third-order valence-electron chi connectivity index (χ3n) is 6.95. The van der Waals surface area contributed by atoms with Crippen molar-refractivity contribution in [1.29, 1.82) is 0 Å². The molecule has 2 aliphatic heterocycles. The number of hydrogen-bond donors (Lipinski definition) is 2. The Morgan fingerprint density at radius 2 is 1.97 bits per heavy atom. The number of fused-ring (bicyclic) bond motifs is 2. The molecule has 0 unspecified atom stereocenters. The van der Waals surface area contributed by atoms with Crippen LogP contribution in [0, 0.1) is 18.2 Å². The second-order valence-electron chi connectivity index (χ2n) is 9.41. The standard InChI is InChI=1S/C24H29FN4O5/c1-14-10-16(4-5-17(14)25)11-27-20(31)18-19(33-3)21(32)29-12-23(13-34-15(2)30)6-8-24(26,9-7-23)22(29)28-18/h4-5,10H,6-9,11-13,26H2,1-3H3,(H,27,31). The van der Waals surface area contributed by atoms with Crippen LogP contribution in [0.15, 0.2) is 23.0 Å². The van der Waals surface area contributed by atoms with Gasteiger partial charge in [0.2, 0.25) is 5.75 Å². The lowest BCUT2D eigenvalue weighted by molar-refractivity contribution is -0.146. The highest BCUT2D eigenvalue weighted by Gasteiger charge is 2.49. The molecule has 3 aliphatic rings. The van der Waals surface area contributed by atoms with Gasteiger partial charge >= 0.3 is 5.97 Å². The third-order valence-corrected chi connectivity index (χ3v) is 6.95. The molecule has 1 amide bonds.